The topological polar surface area (TPSA) is 58.6 Å². The van der Waals surface area contributed by atoms with E-state index in [0.717, 1.165) is 44.4 Å². The van der Waals surface area contributed by atoms with E-state index in [1.807, 2.05) is 35.2 Å². The maximum atomic E-state index is 12.9. The minimum atomic E-state index is -0.306. The predicted molar refractivity (Wildman–Crippen MR) is 96.3 cm³/mol. The second-order valence-corrected chi connectivity index (χ2v) is 7.33. The zero-order valence-corrected chi connectivity index (χ0v) is 15.0. The zero-order chi connectivity index (χ0) is 17.7. The first-order valence-corrected chi connectivity index (χ1v) is 9.37. The van der Waals surface area contributed by atoms with Gasteiger partial charge in [0.25, 0.3) is 0 Å². The molecule has 3 rings (SSSR count). The molecule has 0 aromatic heterocycles. The summed E-state index contributed by atoms with van der Waals surface area (Å²) >= 11 is 0. The van der Waals surface area contributed by atoms with Gasteiger partial charge in [0, 0.05) is 13.0 Å². The number of fused-ring (bicyclic) bond motifs is 1. The van der Waals surface area contributed by atoms with Gasteiger partial charge in [0.05, 0.1) is 24.6 Å². The molecule has 0 unspecified atom stereocenters. The molecule has 2 amide bonds. The SMILES string of the molecule is C[C@]12CCCCN(C(=O)CCOc3ccccc3)[C@H]1CCCC(=O)N2. The third-order valence-electron chi connectivity index (χ3n) is 5.41. The molecule has 5 nitrogen and oxygen atoms in total. The smallest absolute Gasteiger partial charge is 0.226 e. The lowest BCUT2D eigenvalue weighted by molar-refractivity contribution is -0.136. The summed E-state index contributed by atoms with van der Waals surface area (Å²) in [6.45, 7) is 3.27. The van der Waals surface area contributed by atoms with Crippen molar-refractivity contribution < 1.29 is 14.3 Å². The molecule has 1 aromatic rings. The number of hydrogen-bond acceptors (Lipinski definition) is 3. The number of benzene rings is 1. The highest BCUT2D eigenvalue weighted by Crippen LogP contribution is 2.32. The van der Waals surface area contributed by atoms with Crippen LogP contribution in [0.3, 0.4) is 0 Å². The molecule has 1 N–H and O–H groups in total. The maximum Gasteiger partial charge on any atom is 0.226 e. The Hall–Kier alpha value is -2.04. The minimum absolute atomic E-state index is 0.0886. The van der Waals surface area contributed by atoms with Crippen molar-refractivity contribution in [2.24, 2.45) is 0 Å². The summed E-state index contributed by atoms with van der Waals surface area (Å²) in [6, 6.07) is 9.67. The molecule has 0 spiro atoms. The van der Waals surface area contributed by atoms with Crippen LogP contribution in [0.15, 0.2) is 30.3 Å². The van der Waals surface area contributed by atoms with Crippen LogP contribution in [0.5, 0.6) is 5.75 Å². The van der Waals surface area contributed by atoms with Gasteiger partial charge in [-0.2, -0.15) is 0 Å². The number of ether oxygens (including phenoxy) is 1. The van der Waals surface area contributed by atoms with E-state index >= 15 is 0 Å². The van der Waals surface area contributed by atoms with E-state index in [1.165, 1.54) is 0 Å². The molecule has 0 aliphatic carbocycles. The van der Waals surface area contributed by atoms with Crippen molar-refractivity contribution in [3.8, 4) is 5.75 Å². The second kappa shape index (κ2) is 7.89. The Morgan fingerprint density at radius 3 is 2.88 bits per heavy atom. The summed E-state index contributed by atoms with van der Waals surface area (Å²) in [6.07, 6.45) is 5.64. The number of carbonyl (C=O) groups is 2. The second-order valence-electron chi connectivity index (χ2n) is 7.33. The molecule has 0 saturated carbocycles. The number of hydrogen-bond donors (Lipinski definition) is 1. The summed E-state index contributed by atoms with van der Waals surface area (Å²) in [4.78, 5) is 26.9. The van der Waals surface area contributed by atoms with Gasteiger partial charge in [0.1, 0.15) is 5.75 Å². The van der Waals surface area contributed by atoms with E-state index in [4.69, 9.17) is 4.74 Å². The van der Waals surface area contributed by atoms with Crippen LogP contribution >= 0.6 is 0 Å². The molecule has 136 valence electrons. The first-order valence-electron chi connectivity index (χ1n) is 9.37. The fraction of sp³-hybridized carbons (Fsp3) is 0.600. The molecule has 0 radical (unpaired) electrons. The minimum Gasteiger partial charge on any atom is -0.493 e. The Morgan fingerprint density at radius 2 is 2.08 bits per heavy atom. The van der Waals surface area contributed by atoms with Gasteiger partial charge in [-0.15, -0.1) is 0 Å². The Balaban J connectivity index is 1.64. The van der Waals surface area contributed by atoms with E-state index in [1.54, 1.807) is 0 Å². The number of nitrogens with one attached hydrogen (secondary N) is 1. The summed E-state index contributed by atoms with van der Waals surface area (Å²) in [7, 11) is 0. The van der Waals surface area contributed by atoms with Crippen LogP contribution in [0.2, 0.25) is 0 Å². The van der Waals surface area contributed by atoms with Crippen LogP contribution in [-0.4, -0.2) is 41.4 Å². The zero-order valence-electron chi connectivity index (χ0n) is 15.0. The quantitative estimate of drug-likeness (QED) is 0.914. The largest absolute Gasteiger partial charge is 0.493 e. The molecule has 1 aromatic carbocycles. The predicted octanol–water partition coefficient (Wildman–Crippen LogP) is 2.90. The van der Waals surface area contributed by atoms with Crippen molar-refractivity contribution in [2.45, 2.75) is 63.5 Å². The van der Waals surface area contributed by atoms with E-state index in [-0.39, 0.29) is 23.4 Å². The fourth-order valence-electron chi connectivity index (χ4n) is 4.11. The van der Waals surface area contributed by atoms with Crippen molar-refractivity contribution in [2.75, 3.05) is 13.2 Å². The van der Waals surface area contributed by atoms with E-state index in [9.17, 15) is 9.59 Å². The number of nitrogens with zero attached hydrogens (tertiary/aromatic N) is 1. The van der Waals surface area contributed by atoms with Gasteiger partial charge in [0.2, 0.25) is 11.8 Å². The highest BCUT2D eigenvalue weighted by molar-refractivity contribution is 5.79. The van der Waals surface area contributed by atoms with Gasteiger partial charge >= 0.3 is 0 Å². The molecule has 2 aliphatic heterocycles. The lowest BCUT2D eigenvalue weighted by Crippen LogP contribution is -2.59. The molecule has 2 aliphatic rings. The summed E-state index contributed by atoms with van der Waals surface area (Å²) in [5.41, 5.74) is -0.306. The lowest BCUT2D eigenvalue weighted by atomic mass is 9.85. The normalized spacial score (nSPS) is 26.8. The van der Waals surface area contributed by atoms with Crippen molar-refractivity contribution in [3.05, 3.63) is 30.3 Å². The summed E-state index contributed by atoms with van der Waals surface area (Å²) in [5, 5.41) is 3.20. The first kappa shape index (κ1) is 17.8. The highest BCUT2D eigenvalue weighted by atomic mass is 16.5. The van der Waals surface area contributed by atoms with Crippen LogP contribution in [0.1, 0.15) is 51.9 Å². The third-order valence-corrected chi connectivity index (χ3v) is 5.41. The molecule has 2 fully saturated rings. The Kier molecular flexibility index (Phi) is 5.61. The molecular weight excluding hydrogens is 316 g/mol. The molecule has 25 heavy (non-hydrogen) atoms. The monoisotopic (exact) mass is 344 g/mol. The van der Waals surface area contributed by atoms with Crippen LogP contribution in [0.4, 0.5) is 0 Å². The number of carbonyl (C=O) groups excluding carboxylic acids is 2. The van der Waals surface area contributed by atoms with Gasteiger partial charge in [-0.25, -0.2) is 0 Å². The van der Waals surface area contributed by atoms with Gasteiger partial charge in [-0.1, -0.05) is 18.2 Å². The fourth-order valence-corrected chi connectivity index (χ4v) is 4.11. The molecule has 2 atom stereocenters. The molecule has 0 bridgehead atoms. The lowest BCUT2D eigenvalue weighted by Gasteiger charge is -2.41. The van der Waals surface area contributed by atoms with E-state index in [0.29, 0.717) is 19.4 Å². The van der Waals surface area contributed by atoms with Crippen molar-refractivity contribution >= 4 is 11.8 Å². The molecule has 2 saturated heterocycles. The van der Waals surface area contributed by atoms with E-state index < -0.39 is 0 Å². The standard InChI is InChI=1S/C20H28N2O3/c1-20-13-5-6-14-22(17(20)10-7-11-18(23)21-20)19(24)12-15-25-16-8-3-2-4-9-16/h2-4,8-9,17H,5-7,10-15H2,1H3,(H,21,23)/t17-,20-/m0/s1. The molecule has 2 heterocycles. The van der Waals surface area contributed by atoms with Crippen LogP contribution < -0.4 is 10.1 Å². The van der Waals surface area contributed by atoms with Crippen molar-refractivity contribution in [1.82, 2.24) is 10.2 Å². The Bertz CT molecular complexity index is 604. The third kappa shape index (κ3) is 4.33. The van der Waals surface area contributed by atoms with Gasteiger partial charge in [-0.05, 0) is 51.2 Å². The molecule has 5 heteroatoms. The highest BCUT2D eigenvalue weighted by Gasteiger charge is 2.43. The first-order chi connectivity index (χ1) is 12.1. The maximum absolute atomic E-state index is 12.9. The van der Waals surface area contributed by atoms with Crippen LogP contribution in [-0.2, 0) is 9.59 Å². The van der Waals surface area contributed by atoms with Gasteiger partial charge in [-0.3, -0.25) is 9.59 Å². The van der Waals surface area contributed by atoms with E-state index in [2.05, 4.69) is 12.2 Å². The average molecular weight is 344 g/mol. The van der Waals surface area contributed by atoms with Crippen LogP contribution in [0, 0.1) is 0 Å². The number of para-hydroxylation sites is 1. The Morgan fingerprint density at radius 1 is 1.28 bits per heavy atom. The summed E-state index contributed by atoms with van der Waals surface area (Å²) < 4.78 is 5.68. The average Bonchev–Trinajstić information content (AvgIpc) is 2.84. The number of rotatable bonds is 4. The van der Waals surface area contributed by atoms with Crippen LogP contribution in [0.25, 0.3) is 0 Å². The summed E-state index contributed by atoms with van der Waals surface area (Å²) in [5.74, 6) is 1.04. The van der Waals surface area contributed by atoms with Gasteiger partial charge in [0.15, 0.2) is 0 Å². The molecular formula is C20H28N2O3. The van der Waals surface area contributed by atoms with Crippen molar-refractivity contribution in [1.29, 1.82) is 0 Å². The Labute approximate surface area is 149 Å². The van der Waals surface area contributed by atoms with Gasteiger partial charge < -0.3 is 15.0 Å². The van der Waals surface area contributed by atoms with Crippen molar-refractivity contribution in [3.63, 3.8) is 0 Å². The number of likely N-dealkylation sites (tertiary alicyclic amines) is 1. The number of amides is 2.